The van der Waals surface area contributed by atoms with Crippen molar-refractivity contribution < 1.29 is 4.42 Å². The number of nitrogens with one attached hydrogen (secondary N) is 1. The number of hydrogen-bond acceptors (Lipinski definition) is 7. The van der Waals surface area contributed by atoms with E-state index in [2.05, 4.69) is 25.1 Å². The number of thioether (sulfide) groups is 1. The number of furan rings is 1. The minimum absolute atomic E-state index is 0.203. The second kappa shape index (κ2) is 8.37. The summed E-state index contributed by atoms with van der Waals surface area (Å²) >= 11 is 7.47. The van der Waals surface area contributed by atoms with E-state index in [0.717, 1.165) is 11.3 Å². The number of halogens is 1. The normalized spacial score (nSPS) is 11.3. The first-order chi connectivity index (χ1) is 15.2. The third kappa shape index (κ3) is 4.10. The number of H-pyrrole nitrogens is 1. The van der Waals surface area contributed by atoms with Crippen LogP contribution in [0.4, 0.5) is 0 Å². The van der Waals surface area contributed by atoms with E-state index in [1.54, 1.807) is 36.9 Å². The van der Waals surface area contributed by atoms with Crippen molar-refractivity contribution in [3.05, 3.63) is 88.1 Å². The smallest absolute Gasteiger partial charge is 0.258 e. The molecule has 0 atom stereocenters. The zero-order chi connectivity index (χ0) is 21.2. The molecule has 4 aromatic heterocycles. The zero-order valence-corrected chi connectivity index (χ0v) is 17.6. The average molecular weight is 451 g/mol. The molecule has 0 aliphatic carbocycles. The Bertz CT molecular complexity index is 1400. The van der Waals surface area contributed by atoms with Gasteiger partial charge in [0.1, 0.15) is 11.6 Å². The van der Waals surface area contributed by atoms with Crippen LogP contribution in [0.3, 0.4) is 0 Å². The first kappa shape index (κ1) is 19.5. The first-order valence-corrected chi connectivity index (χ1v) is 10.7. The number of hydrogen-bond donors (Lipinski definition) is 1. The highest BCUT2D eigenvalue weighted by Crippen LogP contribution is 2.27. The van der Waals surface area contributed by atoms with Crippen LogP contribution >= 0.6 is 23.4 Å². The molecule has 0 saturated carbocycles. The van der Waals surface area contributed by atoms with Crippen molar-refractivity contribution in [2.45, 2.75) is 17.5 Å². The predicted octanol–water partition coefficient (Wildman–Crippen LogP) is 4.16. The summed E-state index contributed by atoms with van der Waals surface area (Å²) in [7, 11) is 0. The van der Waals surface area contributed by atoms with Crippen molar-refractivity contribution in [1.82, 2.24) is 29.7 Å². The highest BCUT2D eigenvalue weighted by Gasteiger charge is 2.17. The molecule has 154 valence electrons. The number of aromatic nitrogens is 6. The van der Waals surface area contributed by atoms with E-state index >= 15 is 0 Å². The van der Waals surface area contributed by atoms with E-state index in [1.807, 2.05) is 28.8 Å². The van der Waals surface area contributed by atoms with Crippen molar-refractivity contribution in [3.63, 3.8) is 0 Å². The highest BCUT2D eigenvalue weighted by molar-refractivity contribution is 7.98. The first-order valence-electron chi connectivity index (χ1n) is 9.34. The monoisotopic (exact) mass is 450 g/mol. The molecule has 0 aliphatic rings. The highest BCUT2D eigenvalue weighted by atomic mass is 35.5. The van der Waals surface area contributed by atoms with Crippen LogP contribution in [0.15, 0.2) is 75.5 Å². The Hall–Kier alpha value is -3.43. The maximum absolute atomic E-state index is 12.4. The van der Waals surface area contributed by atoms with E-state index < -0.39 is 0 Å². The topological polar surface area (TPSA) is 102 Å². The van der Waals surface area contributed by atoms with E-state index in [-0.39, 0.29) is 5.56 Å². The molecule has 4 heterocycles. The molecule has 5 aromatic rings. The molecule has 0 unspecified atom stereocenters. The van der Waals surface area contributed by atoms with Gasteiger partial charge in [-0.05, 0) is 42.5 Å². The van der Waals surface area contributed by atoms with Crippen molar-refractivity contribution in [3.8, 4) is 11.4 Å². The van der Waals surface area contributed by atoms with Crippen molar-refractivity contribution in [2.75, 3.05) is 0 Å². The minimum atomic E-state index is -0.203. The van der Waals surface area contributed by atoms with Crippen LogP contribution < -0.4 is 5.56 Å². The van der Waals surface area contributed by atoms with Gasteiger partial charge in [-0.2, -0.15) is 0 Å². The maximum Gasteiger partial charge on any atom is 0.258 e. The number of benzene rings is 1. The lowest BCUT2D eigenvalue weighted by molar-refractivity contribution is 0.485. The van der Waals surface area contributed by atoms with E-state index in [1.165, 1.54) is 11.8 Å². The van der Waals surface area contributed by atoms with Gasteiger partial charge in [0.2, 0.25) is 0 Å². The van der Waals surface area contributed by atoms with E-state index in [0.29, 0.717) is 45.0 Å². The molecule has 1 aromatic carbocycles. The van der Waals surface area contributed by atoms with Gasteiger partial charge in [-0.15, -0.1) is 10.2 Å². The van der Waals surface area contributed by atoms with Crippen LogP contribution in [0.2, 0.25) is 5.02 Å². The van der Waals surface area contributed by atoms with Gasteiger partial charge in [-0.1, -0.05) is 23.4 Å². The molecule has 10 heteroatoms. The molecule has 5 rings (SSSR count). The van der Waals surface area contributed by atoms with Crippen molar-refractivity contribution in [1.29, 1.82) is 0 Å². The summed E-state index contributed by atoms with van der Waals surface area (Å²) in [5.41, 5.74) is 1.20. The Kier molecular flexibility index (Phi) is 5.27. The third-order valence-corrected chi connectivity index (χ3v) is 5.80. The summed E-state index contributed by atoms with van der Waals surface area (Å²) < 4.78 is 7.47. The summed E-state index contributed by atoms with van der Waals surface area (Å²) in [6, 6.07) is 12.5. The summed E-state index contributed by atoms with van der Waals surface area (Å²) in [6.45, 7) is 0.462. The maximum atomic E-state index is 12.4. The van der Waals surface area contributed by atoms with Gasteiger partial charge in [0.15, 0.2) is 11.0 Å². The van der Waals surface area contributed by atoms with Crippen LogP contribution in [0.25, 0.3) is 22.3 Å². The Balaban J connectivity index is 1.47. The lowest BCUT2D eigenvalue weighted by Crippen LogP contribution is -2.11. The molecule has 1 N–H and O–H groups in total. The number of fused-ring (bicyclic) bond motifs is 1. The van der Waals surface area contributed by atoms with Gasteiger partial charge in [0.05, 0.1) is 29.5 Å². The number of rotatable bonds is 6. The number of aromatic amines is 1. The SMILES string of the molecule is O=c1[nH]c(CSc2nnc(-c3cccnc3)n2Cc2ccco2)nc2cc(Cl)ccc12. The van der Waals surface area contributed by atoms with E-state index in [4.69, 9.17) is 16.0 Å². The third-order valence-electron chi connectivity index (χ3n) is 4.59. The molecule has 31 heavy (non-hydrogen) atoms. The minimum Gasteiger partial charge on any atom is -0.467 e. The standard InChI is InChI=1S/C21H15ClN6O2S/c22-14-5-6-16-17(9-14)24-18(25-20(16)29)12-31-21-27-26-19(13-3-1-7-23-10-13)28(21)11-15-4-2-8-30-15/h1-10H,11-12H2,(H,24,25,29). The molecule has 0 bridgehead atoms. The number of nitrogens with zero attached hydrogens (tertiary/aromatic N) is 5. The summed E-state index contributed by atoms with van der Waals surface area (Å²) in [4.78, 5) is 23.9. The fraction of sp³-hybridized carbons (Fsp3) is 0.0952. The van der Waals surface area contributed by atoms with Gasteiger partial charge >= 0.3 is 0 Å². The molecule has 0 spiro atoms. The van der Waals surface area contributed by atoms with Crippen LogP contribution in [0, 0.1) is 0 Å². The molecule has 0 radical (unpaired) electrons. The van der Waals surface area contributed by atoms with Gasteiger partial charge in [0, 0.05) is 23.0 Å². The van der Waals surface area contributed by atoms with Gasteiger partial charge in [0.25, 0.3) is 5.56 Å². The Labute approximate surface area is 185 Å². The van der Waals surface area contributed by atoms with Crippen LogP contribution in [-0.2, 0) is 12.3 Å². The average Bonchev–Trinajstić information content (AvgIpc) is 3.43. The van der Waals surface area contributed by atoms with Crippen LogP contribution in [-0.4, -0.2) is 29.7 Å². The van der Waals surface area contributed by atoms with Gasteiger partial charge in [-0.3, -0.25) is 14.3 Å². The number of pyridine rings is 1. The Morgan fingerprint density at radius 3 is 2.90 bits per heavy atom. The molecule has 0 saturated heterocycles. The van der Waals surface area contributed by atoms with Crippen LogP contribution in [0.5, 0.6) is 0 Å². The molecule has 0 fully saturated rings. The predicted molar refractivity (Wildman–Crippen MR) is 118 cm³/mol. The lowest BCUT2D eigenvalue weighted by atomic mass is 10.2. The quantitative estimate of drug-likeness (QED) is 0.387. The Morgan fingerprint density at radius 2 is 2.10 bits per heavy atom. The molecule has 8 nitrogen and oxygen atoms in total. The largest absolute Gasteiger partial charge is 0.467 e. The van der Waals surface area contributed by atoms with E-state index in [9.17, 15) is 4.79 Å². The summed E-state index contributed by atoms with van der Waals surface area (Å²) in [5.74, 6) is 2.39. The second-order valence-corrected chi connectivity index (χ2v) is 8.06. The molecule has 0 aliphatic heterocycles. The molecule has 0 amide bonds. The van der Waals surface area contributed by atoms with Gasteiger partial charge < -0.3 is 9.40 Å². The van der Waals surface area contributed by atoms with Crippen molar-refractivity contribution in [2.24, 2.45) is 0 Å². The molecular formula is C21H15ClN6O2S. The summed E-state index contributed by atoms with van der Waals surface area (Å²) in [5, 5.41) is 10.4. The fourth-order valence-corrected chi connectivity index (χ4v) is 4.14. The Morgan fingerprint density at radius 1 is 1.16 bits per heavy atom. The lowest BCUT2D eigenvalue weighted by Gasteiger charge is -2.09. The van der Waals surface area contributed by atoms with Crippen molar-refractivity contribution >= 4 is 34.3 Å². The fourth-order valence-electron chi connectivity index (χ4n) is 3.17. The van der Waals surface area contributed by atoms with Crippen LogP contribution in [0.1, 0.15) is 11.6 Å². The summed E-state index contributed by atoms with van der Waals surface area (Å²) in [6.07, 6.45) is 5.08. The molecular weight excluding hydrogens is 436 g/mol. The zero-order valence-electron chi connectivity index (χ0n) is 16.0. The van der Waals surface area contributed by atoms with Gasteiger partial charge in [-0.25, -0.2) is 4.98 Å². The second-order valence-electron chi connectivity index (χ2n) is 6.68.